The molecule has 0 spiro atoms. The number of benzene rings is 3. The van der Waals surface area contributed by atoms with Crippen molar-refractivity contribution in [2.45, 2.75) is 37.5 Å². The zero-order valence-corrected chi connectivity index (χ0v) is 19.9. The fourth-order valence-electron chi connectivity index (χ4n) is 4.37. The fourth-order valence-corrected chi connectivity index (χ4v) is 4.49. The topological polar surface area (TPSA) is 84.9 Å². The molecule has 6 nitrogen and oxygen atoms in total. The van der Waals surface area contributed by atoms with Crippen LogP contribution < -0.4 is 14.8 Å². The maximum atomic E-state index is 12.5. The Hall–Kier alpha value is -3.51. The van der Waals surface area contributed by atoms with Crippen LogP contribution in [0.4, 0.5) is 0 Å². The van der Waals surface area contributed by atoms with Gasteiger partial charge in [-0.25, -0.2) is 0 Å². The number of carbonyl (C=O) groups is 2. The van der Waals surface area contributed by atoms with Gasteiger partial charge in [0.15, 0.2) is 0 Å². The molecule has 1 fully saturated rings. The van der Waals surface area contributed by atoms with Gasteiger partial charge in [-0.1, -0.05) is 23.7 Å². The Morgan fingerprint density at radius 2 is 1.74 bits per heavy atom. The lowest BCUT2D eigenvalue weighted by Gasteiger charge is -2.25. The van der Waals surface area contributed by atoms with E-state index in [1.165, 1.54) is 0 Å². The summed E-state index contributed by atoms with van der Waals surface area (Å²) in [5, 5.41) is 13.2. The lowest BCUT2D eigenvalue weighted by Crippen LogP contribution is -2.25. The van der Waals surface area contributed by atoms with E-state index in [1.807, 2.05) is 36.4 Å². The Labute approximate surface area is 208 Å². The minimum Gasteiger partial charge on any atom is -0.493 e. The summed E-state index contributed by atoms with van der Waals surface area (Å²) >= 11 is 5.91. The molecule has 0 bridgehead atoms. The van der Waals surface area contributed by atoms with Crippen LogP contribution in [-0.2, 0) is 11.2 Å². The van der Waals surface area contributed by atoms with Crippen LogP contribution in [0.3, 0.4) is 0 Å². The van der Waals surface area contributed by atoms with E-state index in [0.717, 1.165) is 36.0 Å². The number of ether oxygens (including phenoxy) is 2. The van der Waals surface area contributed by atoms with E-state index >= 15 is 0 Å². The molecule has 5 rings (SSSR count). The van der Waals surface area contributed by atoms with Crippen molar-refractivity contribution < 1.29 is 24.2 Å². The van der Waals surface area contributed by atoms with Crippen molar-refractivity contribution in [3.63, 3.8) is 0 Å². The second-order valence-corrected chi connectivity index (χ2v) is 9.43. The molecular formula is C28H26ClNO5. The molecule has 35 heavy (non-hydrogen) atoms. The van der Waals surface area contributed by atoms with Crippen LogP contribution in [-0.4, -0.2) is 30.1 Å². The van der Waals surface area contributed by atoms with Crippen LogP contribution in [0.25, 0.3) is 0 Å². The maximum Gasteiger partial charge on any atom is 0.311 e. The lowest BCUT2D eigenvalue weighted by atomic mass is 9.90. The number of rotatable bonds is 8. The molecule has 2 aliphatic rings. The summed E-state index contributed by atoms with van der Waals surface area (Å²) in [4.78, 5) is 24.2. The number of carboxylic acid groups (broad SMARTS) is 1. The lowest BCUT2D eigenvalue weighted by molar-refractivity contribution is -0.139. The number of aliphatic carboxylic acids is 1. The molecule has 0 saturated heterocycles. The van der Waals surface area contributed by atoms with Gasteiger partial charge in [0.05, 0.1) is 12.5 Å². The van der Waals surface area contributed by atoms with E-state index in [-0.39, 0.29) is 5.91 Å². The molecule has 0 radical (unpaired) electrons. The van der Waals surface area contributed by atoms with Crippen LogP contribution in [0.5, 0.6) is 17.2 Å². The van der Waals surface area contributed by atoms with Crippen molar-refractivity contribution in [2.75, 3.05) is 13.2 Å². The Kier molecular flexibility index (Phi) is 6.64. The van der Waals surface area contributed by atoms with Crippen molar-refractivity contribution in [1.82, 2.24) is 5.32 Å². The van der Waals surface area contributed by atoms with Crippen LogP contribution in [0.1, 0.15) is 58.1 Å². The molecule has 2 N–H and O–H groups in total. The van der Waals surface area contributed by atoms with Crippen LogP contribution in [0.2, 0.25) is 5.02 Å². The summed E-state index contributed by atoms with van der Waals surface area (Å²) < 4.78 is 11.9. The third-order valence-electron chi connectivity index (χ3n) is 6.45. The molecule has 3 aromatic rings. The number of hydrogen-bond donors (Lipinski definition) is 2. The average molecular weight is 492 g/mol. The molecule has 3 aromatic carbocycles. The van der Waals surface area contributed by atoms with Gasteiger partial charge in [0, 0.05) is 28.8 Å². The van der Waals surface area contributed by atoms with Gasteiger partial charge in [-0.15, -0.1) is 0 Å². The van der Waals surface area contributed by atoms with Gasteiger partial charge in [-0.2, -0.15) is 0 Å². The van der Waals surface area contributed by atoms with Crippen LogP contribution in [0.15, 0.2) is 60.7 Å². The van der Waals surface area contributed by atoms with Gasteiger partial charge < -0.3 is 19.9 Å². The normalized spacial score (nSPS) is 16.7. The van der Waals surface area contributed by atoms with Crippen molar-refractivity contribution in [2.24, 2.45) is 0 Å². The quantitative estimate of drug-likeness (QED) is 0.407. The van der Waals surface area contributed by atoms with E-state index in [0.29, 0.717) is 53.3 Å². The average Bonchev–Trinajstić information content (AvgIpc) is 3.70. The Bertz CT molecular complexity index is 1240. The van der Waals surface area contributed by atoms with Gasteiger partial charge in [0.25, 0.3) is 5.91 Å². The first-order valence-corrected chi connectivity index (χ1v) is 12.2. The monoisotopic (exact) mass is 491 g/mol. The molecule has 1 aliphatic heterocycles. The Morgan fingerprint density at radius 1 is 1.00 bits per heavy atom. The molecule has 180 valence electrons. The number of halogens is 1. The van der Waals surface area contributed by atoms with E-state index in [2.05, 4.69) is 5.32 Å². The summed E-state index contributed by atoms with van der Waals surface area (Å²) in [6.07, 6.45) is 3.30. The molecule has 0 aromatic heterocycles. The predicted molar refractivity (Wildman–Crippen MR) is 133 cm³/mol. The van der Waals surface area contributed by atoms with Crippen LogP contribution >= 0.6 is 11.6 Å². The molecule has 1 amide bonds. The number of hydrogen-bond acceptors (Lipinski definition) is 4. The second kappa shape index (κ2) is 10.0. The summed E-state index contributed by atoms with van der Waals surface area (Å²) in [6, 6.07) is 18.3. The van der Waals surface area contributed by atoms with Crippen LogP contribution in [0, 0.1) is 0 Å². The van der Waals surface area contributed by atoms with Crippen molar-refractivity contribution in [1.29, 1.82) is 0 Å². The third kappa shape index (κ3) is 5.43. The molecule has 7 heteroatoms. The SMILES string of the molecule is O=C(NCCc1ccc(Cl)cc1)c1ccc(Oc2cc3c(cc2C2CC2)C(C(=O)O)CCO3)cc1. The van der Waals surface area contributed by atoms with Gasteiger partial charge in [-0.05, 0) is 85.2 Å². The van der Waals surface area contributed by atoms with Crippen molar-refractivity contribution >= 4 is 23.5 Å². The van der Waals surface area contributed by atoms with Crippen molar-refractivity contribution in [3.8, 4) is 17.2 Å². The number of amides is 1. The zero-order chi connectivity index (χ0) is 24.4. The standard InChI is InChI=1S/C28H26ClNO5/c29-20-7-1-17(2-8-20)11-13-30-27(31)19-5-9-21(10-6-19)35-26-16-25-24(15-23(26)18-3-4-18)22(28(32)33)12-14-34-25/h1-2,5-10,15-16,18,22H,3-4,11-14H2,(H,30,31)(H,32,33). The maximum absolute atomic E-state index is 12.5. The fraction of sp³-hybridized carbons (Fsp3) is 0.286. The molecule has 1 heterocycles. The largest absolute Gasteiger partial charge is 0.493 e. The van der Waals surface area contributed by atoms with Gasteiger partial charge in [0.2, 0.25) is 0 Å². The summed E-state index contributed by atoms with van der Waals surface area (Å²) in [6.45, 7) is 0.893. The van der Waals surface area contributed by atoms with Crippen molar-refractivity contribution in [3.05, 3.63) is 87.9 Å². The summed E-state index contributed by atoms with van der Waals surface area (Å²) in [5.74, 6) is 0.700. The highest BCUT2D eigenvalue weighted by atomic mass is 35.5. The van der Waals surface area contributed by atoms with E-state index in [1.54, 1.807) is 24.3 Å². The second-order valence-electron chi connectivity index (χ2n) is 8.99. The first-order chi connectivity index (χ1) is 17.0. The highest BCUT2D eigenvalue weighted by Crippen LogP contribution is 2.49. The molecule has 1 aliphatic carbocycles. The van der Waals surface area contributed by atoms with E-state index < -0.39 is 11.9 Å². The van der Waals surface area contributed by atoms with E-state index in [9.17, 15) is 14.7 Å². The first kappa shape index (κ1) is 23.2. The smallest absolute Gasteiger partial charge is 0.311 e. The molecule has 1 atom stereocenters. The van der Waals surface area contributed by atoms with E-state index in [4.69, 9.17) is 21.1 Å². The Morgan fingerprint density at radius 3 is 2.43 bits per heavy atom. The summed E-state index contributed by atoms with van der Waals surface area (Å²) in [7, 11) is 0. The van der Waals surface area contributed by atoms with Gasteiger partial charge >= 0.3 is 5.97 Å². The minimum absolute atomic E-state index is 0.147. The number of nitrogens with one attached hydrogen (secondary N) is 1. The minimum atomic E-state index is -0.827. The van der Waals surface area contributed by atoms with Gasteiger partial charge in [-0.3, -0.25) is 9.59 Å². The number of fused-ring (bicyclic) bond motifs is 1. The number of carboxylic acids is 1. The third-order valence-corrected chi connectivity index (χ3v) is 6.71. The number of carbonyl (C=O) groups excluding carboxylic acids is 1. The molecular weight excluding hydrogens is 466 g/mol. The zero-order valence-electron chi connectivity index (χ0n) is 19.1. The highest BCUT2D eigenvalue weighted by Gasteiger charge is 2.33. The van der Waals surface area contributed by atoms with Gasteiger partial charge in [0.1, 0.15) is 17.2 Å². The highest BCUT2D eigenvalue weighted by molar-refractivity contribution is 6.30. The first-order valence-electron chi connectivity index (χ1n) is 11.8. The molecule has 1 saturated carbocycles. The summed E-state index contributed by atoms with van der Waals surface area (Å²) in [5.41, 5.74) is 3.40. The predicted octanol–water partition coefficient (Wildman–Crippen LogP) is 5.93. The Balaban J connectivity index is 1.25. The molecule has 1 unspecified atom stereocenters.